The molecule has 1 heterocycles. The topological polar surface area (TPSA) is 70.2 Å². The van der Waals surface area contributed by atoms with E-state index < -0.39 is 26.6 Å². The second-order valence-electron chi connectivity index (χ2n) is 9.14. The van der Waals surface area contributed by atoms with Gasteiger partial charge < -0.3 is 9.64 Å². The average molecular weight is 488 g/mol. The van der Waals surface area contributed by atoms with Crippen LogP contribution in [0.1, 0.15) is 39.5 Å². The second-order valence-corrected chi connectivity index (χ2v) is 11.0. The first kappa shape index (κ1) is 26.0. The zero-order chi connectivity index (χ0) is 24.2. The summed E-state index contributed by atoms with van der Waals surface area (Å²) in [4.78, 5) is 16.8. The van der Waals surface area contributed by atoms with Crippen LogP contribution < -0.4 is 0 Å². The molecule has 0 N–H and O–H groups in total. The lowest BCUT2D eigenvalue weighted by Crippen LogP contribution is -2.52. The molecule has 1 saturated carbocycles. The molecule has 0 radical (unpaired) electrons. The summed E-state index contributed by atoms with van der Waals surface area (Å²) in [6, 6.07) is 2.58. The van der Waals surface area contributed by atoms with Gasteiger partial charge in [-0.2, -0.15) is 4.31 Å². The number of rotatable bonds is 8. The Kier molecular flexibility index (Phi) is 8.82. The van der Waals surface area contributed by atoms with Crippen LogP contribution in [-0.4, -0.2) is 87.0 Å². The highest BCUT2D eigenvalue weighted by Crippen LogP contribution is 2.33. The fourth-order valence-corrected chi connectivity index (χ4v) is 6.53. The summed E-state index contributed by atoms with van der Waals surface area (Å²) in [5.41, 5.74) is 0. The summed E-state index contributed by atoms with van der Waals surface area (Å²) in [5, 5.41) is 0. The number of benzene rings is 1. The highest BCUT2D eigenvalue weighted by molar-refractivity contribution is 7.89. The van der Waals surface area contributed by atoms with Gasteiger partial charge in [-0.3, -0.25) is 9.69 Å². The van der Waals surface area contributed by atoms with Gasteiger partial charge in [-0.15, -0.1) is 0 Å². The molecule has 1 aliphatic carbocycles. The third-order valence-corrected chi connectivity index (χ3v) is 8.79. The van der Waals surface area contributed by atoms with Crippen LogP contribution in [0.2, 0.25) is 0 Å². The summed E-state index contributed by atoms with van der Waals surface area (Å²) >= 11 is 0. The Morgan fingerprint density at radius 2 is 1.76 bits per heavy atom. The van der Waals surface area contributed by atoms with Crippen molar-refractivity contribution in [2.24, 2.45) is 5.92 Å². The summed E-state index contributed by atoms with van der Waals surface area (Å²) < 4.78 is 60.5. The lowest BCUT2D eigenvalue weighted by Gasteiger charge is -2.40. The minimum Gasteiger partial charge on any atom is -0.383 e. The molecule has 1 amide bonds. The van der Waals surface area contributed by atoms with Gasteiger partial charge in [0.05, 0.1) is 6.61 Å². The van der Waals surface area contributed by atoms with Crippen LogP contribution in [-0.2, 0) is 19.6 Å². The molecule has 0 spiro atoms. The van der Waals surface area contributed by atoms with E-state index in [0.29, 0.717) is 37.8 Å². The van der Waals surface area contributed by atoms with Crippen LogP contribution in [0.3, 0.4) is 0 Å². The van der Waals surface area contributed by atoms with Crippen LogP contribution in [0.4, 0.5) is 8.78 Å². The summed E-state index contributed by atoms with van der Waals surface area (Å²) in [5.74, 6) is -1.92. The Labute approximate surface area is 195 Å². The zero-order valence-corrected chi connectivity index (χ0v) is 20.5. The van der Waals surface area contributed by atoms with Crippen LogP contribution in [0.15, 0.2) is 23.1 Å². The number of hydrogen-bond acceptors (Lipinski definition) is 5. The van der Waals surface area contributed by atoms with Crippen molar-refractivity contribution in [1.29, 1.82) is 0 Å². The maximum absolute atomic E-state index is 14.3. The third-order valence-electron chi connectivity index (χ3n) is 6.81. The molecule has 1 saturated heterocycles. The fourth-order valence-electron chi connectivity index (χ4n) is 4.82. The van der Waals surface area contributed by atoms with Gasteiger partial charge in [-0.05, 0) is 51.7 Å². The van der Waals surface area contributed by atoms with E-state index in [1.54, 1.807) is 0 Å². The number of carbonyl (C=O) groups is 1. The van der Waals surface area contributed by atoms with Gasteiger partial charge in [-0.25, -0.2) is 17.2 Å². The van der Waals surface area contributed by atoms with E-state index in [1.165, 1.54) is 11.4 Å². The molecule has 1 aromatic carbocycles. The molecule has 2 aliphatic rings. The molecule has 2 fully saturated rings. The third kappa shape index (κ3) is 6.09. The van der Waals surface area contributed by atoms with Crippen molar-refractivity contribution >= 4 is 15.9 Å². The molecule has 10 heteroatoms. The predicted molar refractivity (Wildman–Crippen MR) is 121 cm³/mol. The normalized spacial score (nSPS) is 22.8. The van der Waals surface area contributed by atoms with Gasteiger partial charge in [-0.1, -0.05) is 0 Å². The Hall–Kier alpha value is -1.62. The van der Waals surface area contributed by atoms with E-state index in [-0.39, 0.29) is 31.0 Å². The Bertz CT molecular complexity index is 912. The van der Waals surface area contributed by atoms with Gasteiger partial charge in [0.25, 0.3) is 0 Å². The molecule has 1 aromatic rings. The van der Waals surface area contributed by atoms with Crippen molar-refractivity contribution in [2.45, 2.75) is 56.5 Å². The monoisotopic (exact) mass is 487 g/mol. The highest BCUT2D eigenvalue weighted by Gasteiger charge is 2.38. The molecule has 1 aliphatic heterocycles. The molecule has 33 heavy (non-hydrogen) atoms. The SMILES string of the molecule is COCCN(C1CCC(C(=O)N2CCN(C(C)C)CC2)CC1)S(=O)(=O)c1ccc(F)cc1F. The van der Waals surface area contributed by atoms with E-state index in [2.05, 4.69) is 18.7 Å². The Morgan fingerprint density at radius 3 is 2.30 bits per heavy atom. The van der Waals surface area contributed by atoms with Crippen molar-refractivity contribution in [2.75, 3.05) is 46.4 Å². The number of piperazine rings is 1. The van der Waals surface area contributed by atoms with E-state index in [0.717, 1.165) is 38.3 Å². The number of halogens is 2. The predicted octanol–water partition coefficient (Wildman–Crippen LogP) is 2.71. The summed E-state index contributed by atoms with van der Waals surface area (Å²) in [7, 11) is -2.71. The second kappa shape index (κ2) is 11.2. The van der Waals surface area contributed by atoms with Crippen molar-refractivity contribution in [1.82, 2.24) is 14.1 Å². The average Bonchev–Trinajstić information content (AvgIpc) is 2.79. The van der Waals surface area contributed by atoms with Crippen molar-refractivity contribution in [3.63, 3.8) is 0 Å². The Morgan fingerprint density at radius 1 is 1.12 bits per heavy atom. The number of amides is 1. The van der Waals surface area contributed by atoms with E-state index >= 15 is 0 Å². The van der Waals surface area contributed by atoms with E-state index in [9.17, 15) is 22.0 Å². The van der Waals surface area contributed by atoms with Gasteiger partial charge in [0.15, 0.2) is 0 Å². The summed E-state index contributed by atoms with van der Waals surface area (Å²) in [6.45, 7) is 7.69. The fraction of sp³-hybridized carbons (Fsp3) is 0.696. The molecule has 0 atom stereocenters. The lowest BCUT2D eigenvalue weighted by molar-refractivity contribution is -0.138. The Balaban J connectivity index is 1.66. The van der Waals surface area contributed by atoms with Crippen molar-refractivity contribution < 1.29 is 26.7 Å². The van der Waals surface area contributed by atoms with Crippen LogP contribution in [0, 0.1) is 17.6 Å². The van der Waals surface area contributed by atoms with Gasteiger partial charge in [0.2, 0.25) is 15.9 Å². The minimum absolute atomic E-state index is 0.0656. The number of sulfonamides is 1. The standard InChI is InChI=1S/C23H35F2N3O4S/c1-17(2)26-10-12-27(13-11-26)23(29)18-4-7-20(8-5-18)28(14-15-32-3)33(30,31)22-9-6-19(24)16-21(22)25/h6,9,16-18,20H,4-5,7-8,10-15H2,1-3H3. The quantitative estimate of drug-likeness (QED) is 0.564. The van der Waals surface area contributed by atoms with Crippen molar-refractivity contribution in [3.8, 4) is 0 Å². The molecule has 186 valence electrons. The molecule has 0 unspecified atom stereocenters. The number of methoxy groups -OCH3 is 1. The molecule has 0 bridgehead atoms. The lowest BCUT2D eigenvalue weighted by atomic mass is 9.85. The molecule has 0 aromatic heterocycles. The first-order chi connectivity index (χ1) is 15.6. The minimum atomic E-state index is -4.18. The zero-order valence-electron chi connectivity index (χ0n) is 19.7. The number of nitrogens with zero attached hydrogens (tertiary/aromatic N) is 3. The van der Waals surface area contributed by atoms with Crippen LogP contribution in [0.5, 0.6) is 0 Å². The molecule has 3 rings (SSSR count). The van der Waals surface area contributed by atoms with Gasteiger partial charge >= 0.3 is 0 Å². The number of ether oxygens (including phenoxy) is 1. The number of hydrogen-bond donors (Lipinski definition) is 0. The van der Waals surface area contributed by atoms with Gasteiger partial charge in [0, 0.05) is 63.9 Å². The van der Waals surface area contributed by atoms with E-state index in [1.807, 2.05) is 4.90 Å². The van der Waals surface area contributed by atoms with Crippen LogP contribution >= 0.6 is 0 Å². The molecular weight excluding hydrogens is 452 g/mol. The first-order valence-electron chi connectivity index (χ1n) is 11.6. The number of carbonyl (C=O) groups excluding carboxylic acids is 1. The smallest absolute Gasteiger partial charge is 0.246 e. The highest BCUT2D eigenvalue weighted by atomic mass is 32.2. The maximum atomic E-state index is 14.3. The van der Waals surface area contributed by atoms with Crippen molar-refractivity contribution in [3.05, 3.63) is 29.8 Å². The largest absolute Gasteiger partial charge is 0.383 e. The van der Waals surface area contributed by atoms with E-state index in [4.69, 9.17) is 4.74 Å². The molecule has 7 nitrogen and oxygen atoms in total. The summed E-state index contributed by atoms with van der Waals surface area (Å²) in [6.07, 6.45) is 2.18. The van der Waals surface area contributed by atoms with Crippen LogP contribution in [0.25, 0.3) is 0 Å². The van der Waals surface area contributed by atoms with Gasteiger partial charge in [0.1, 0.15) is 16.5 Å². The molecular formula is C23H35F2N3O4S. The first-order valence-corrected chi connectivity index (χ1v) is 13.1. The maximum Gasteiger partial charge on any atom is 0.246 e.